The van der Waals surface area contributed by atoms with Crippen LogP contribution in [0.4, 0.5) is 17.1 Å². The van der Waals surface area contributed by atoms with Gasteiger partial charge in [0, 0.05) is 11.4 Å². The Morgan fingerprint density at radius 2 is 1.21 bits per heavy atom. The first-order valence-corrected chi connectivity index (χ1v) is 8.68. The number of carbonyl (C=O) groups is 1. The lowest BCUT2D eigenvalue weighted by Crippen LogP contribution is -2.14. The second-order valence-corrected chi connectivity index (χ2v) is 5.89. The van der Waals surface area contributed by atoms with Crippen molar-refractivity contribution in [2.24, 2.45) is 0 Å². The van der Waals surface area contributed by atoms with Gasteiger partial charge >= 0.3 is 0 Å². The van der Waals surface area contributed by atoms with E-state index >= 15 is 0 Å². The van der Waals surface area contributed by atoms with Crippen LogP contribution in [0.1, 0.15) is 10.4 Å². The van der Waals surface area contributed by atoms with Crippen molar-refractivity contribution >= 4 is 23.0 Å². The molecule has 6 heteroatoms. The molecule has 0 aliphatic heterocycles. The van der Waals surface area contributed by atoms with Gasteiger partial charge in [-0.1, -0.05) is 18.2 Å². The molecule has 144 valence electrons. The molecule has 2 N–H and O–H groups in total. The quantitative estimate of drug-likeness (QED) is 0.623. The average molecular weight is 378 g/mol. The van der Waals surface area contributed by atoms with Crippen LogP contribution in [0.25, 0.3) is 0 Å². The lowest BCUT2D eigenvalue weighted by Gasteiger charge is -2.14. The van der Waals surface area contributed by atoms with E-state index in [1.54, 1.807) is 25.3 Å². The van der Waals surface area contributed by atoms with E-state index in [4.69, 9.17) is 14.2 Å². The summed E-state index contributed by atoms with van der Waals surface area (Å²) in [5, 5.41) is 6.16. The molecular weight excluding hydrogens is 356 g/mol. The van der Waals surface area contributed by atoms with Gasteiger partial charge in [-0.3, -0.25) is 4.79 Å². The molecule has 0 radical (unpaired) electrons. The largest absolute Gasteiger partial charge is 0.496 e. The highest BCUT2D eigenvalue weighted by Crippen LogP contribution is 2.30. The summed E-state index contributed by atoms with van der Waals surface area (Å²) in [5.41, 5.74) is 2.74. The van der Waals surface area contributed by atoms with Crippen LogP contribution in [-0.2, 0) is 0 Å². The molecule has 0 fully saturated rings. The first-order valence-electron chi connectivity index (χ1n) is 8.68. The molecule has 6 nitrogen and oxygen atoms in total. The highest BCUT2D eigenvalue weighted by molar-refractivity contribution is 6.08. The molecule has 0 unspecified atom stereocenters. The van der Waals surface area contributed by atoms with E-state index in [-0.39, 0.29) is 5.91 Å². The van der Waals surface area contributed by atoms with Crippen molar-refractivity contribution in [1.82, 2.24) is 0 Å². The molecule has 1 amide bonds. The number of methoxy groups -OCH3 is 3. The number of benzene rings is 3. The van der Waals surface area contributed by atoms with E-state index < -0.39 is 0 Å². The average Bonchev–Trinajstić information content (AvgIpc) is 2.74. The third kappa shape index (κ3) is 4.17. The molecule has 0 spiro atoms. The van der Waals surface area contributed by atoms with E-state index in [0.717, 1.165) is 17.1 Å². The van der Waals surface area contributed by atoms with Crippen molar-refractivity contribution < 1.29 is 19.0 Å². The predicted molar refractivity (Wildman–Crippen MR) is 110 cm³/mol. The van der Waals surface area contributed by atoms with E-state index in [1.165, 1.54) is 14.2 Å². The number of para-hydroxylation sites is 2. The van der Waals surface area contributed by atoms with E-state index in [0.29, 0.717) is 22.7 Å². The van der Waals surface area contributed by atoms with E-state index in [2.05, 4.69) is 10.6 Å². The molecule has 0 bridgehead atoms. The van der Waals surface area contributed by atoms with Crippen LogP contribution >= 0.6 is 0 Å². The van der Waals surface area contributed by atoms with Crippen molar-refractivity contribution in [3.63, 3.8) is 0 Å². The maximum absolute atomic E-state index is 12.7. The number of hydrogen-bond acceptors (Lipinski definition) is 5. The van der Waals surface area contributed by atoms with E-state index in [1.807, 2.05) is 48.5 Å². The standard InChI is InChI=1S/C22H22N2O4/c1-26-18-8-5-4-7-17(18)23-15-11-13-16(14-12-15)24-22(25)21-19(27-2)9-6-10-20(21)28-3/h4-14,23H,1-3H3,(H,24,25). The minimum Gasteiger partial charge on any atom is -0.496 e. The number of hydrogen-bond donors (Lipinski definition) is 2. The van der Waals surface area contributed by atoms with Gasteiger partial charge in [-0.2, -0.15) is 0 Å². The highest BCUT2D eigenvalue weighted by Gasteiger charge is 2.18. The summed E-state index contributed by atoms with van der Waals surface area (Å²) in [7, 11) is 4.67. The first kappa shape index (κ1) is 19.1. The summed E-state index contributed by atoms with van der Waals surface area (Å²) in [5.74, 6) is 1.35. The second-order valence-electron chi connectivity index (χ2n) is 5.89. The van der Waals surface area contributed by atoms with Gasteiger partial charge in [0.25, 0.3) is 5.91 Å². The van der Waals surface area contributed by atoms with Gasteiger partial charge < -0.3 is 24.8 Å². The maximum Gasteiger partial charge on any atom is 0.263 e. The van der Waals surface area contributed by atoms with Gasteiger partial charge in [0.15, 0.2) is 0 Å². The Kier molecular flexibility index (Phi) is 6.01. The fourth-order valence-electron chi connectivity index (χ4n) is 2.81. The van der Waals surface area contributed by atoms with Crippen LogP contribution in [0, 0.1) is 0 Å². The van der Waals surface area contributed by atoms with Crippen molar-refractivity contribution in [3.05, 3.63) is 72.3 Å². The van der Waals surface area contributed by atoms with Gasteiger partial charge in [0.2, 0.25) is 0 Å². The van der Waals surface area contributed by atoms with Crippen molar-refractivity contribution in [3.8, 4) is 17.2 Å². The highest BCUT2D eigenvalue weighted by atomic mass is 16.5. The van der Waals surface area contributed by atoms with Gasteiger partial charge in [-0.05, 0) is 48.5 Å². The Labute approximate surface area is 164 Å². The molecule has 0 atom stereocenters. The fraction of sp³-hybridized carbons (Fsp3) is 0.136. The molecule has 0 aliphatic carbocycles. The smallest absolute Gasteiger partial charge is 0.263 e. The topological polar surface area (TPSA) is 68.8 Å². The summed E-state index contributed by atoms with van der Waals surface area (Å²) >= 11 is 0. The van der Waals surface area contributed by atoms with Crippen LogP contribution in [-0.4, -0.2) is 27.2 Å². The van der Waals surface area contributed by atoms with Crippen LogP contribution in [0.5, 0.6) is 17.2 Å². The van der Waals surface area contributed by atoms with Crippen LogP contribution in [0.15, 0.2) is 66.7 Å². The minimum absolute atomic E-state index is 0.306. The predicted octanol–water partition coefficient (Wildman–Crippen LogP) is 4.71. The molecule has 0 heterocycles. The third-order valence-corrected chi connectivity index (χ3v) is 4.18. The normalized spacial score (nSPS) is 10.1. The van der Waals surface area contributed by atoms with Crippen molar-refractivity contribution in [1.29, 1.82) is 0 Å². The molecule has 0 saturated carbocycles. The Bertz CT molecular complexity index is 933. The Hall–Kier alpha value is -3.67. The molecule has 0 aliphatic rings. The number of amides is 1. The number of nitrogens with one attached hydrogen (secondary N) is 2. The zero-order valence-electron chi connectivity index (χ0n) is 16.0. The zero-order chi connectivity index (χ0) is 19.9. The zero-order valence-corrected chi connectivity index (χ0v) is 16.0. The van der Waals surface area contributed by atoms with Gasteiger partial charge in [0.1, 0.15) is 22.8 Å². The van der Waals surface area contributed by atoms with Gasteiger partial charge in [-0.15, -0.1) is 0 Å². The maximum atomic E-state index is 12.7. The lowest BCUT2D eigenvalue weighted by molar-refractivity contribution is 0.102. The monoisotopic (exact) mass is 378 g/mol. The molecule has 3 aromatic carbocycles. The number of anilines is 3. The summed E-state index contributed by atoms with van der Waals surface area (Å²) < 4.78 is 15.9. The molecule has 0 saturated heterocycles. The molecule has 3 aromatic rings. The molecule has 28 heavy (non-hydrogen) atoms. The minimum atomic E-state index is -0.306. The van der Waals surface area contributed by atoms with Crippen LogP contribution in [0.2, 0.25) is 0 Å². The molecule has 3 rings (SSSR count). The number of ether oxygens (including phenoxy) is 3. The fourth-order valence-corrected chi connectivity index (χ4v) is 2.81. The Balaban J connectivity index is 1.75. The lowest BCUT2D eigenvalue weighted by atomic mass is 10.1. The number of carbonyl (C=O) groups excluding carboxylic acids is 1. The summed E-state index contributed by atoms with van der Waals surface area (Å²) in [6.45, 7) is 0. The molecular formula is C22H22N2O4. The van der Waals surface area contributed by atoms with Crippen molar-refractivity contribution in [2.75, 3.05) is 32.0 Å². The van der Waals surface area contributed by atoms with Crippen molar-refractivity contribution in [2.45, 2.75) is 0 Å². The van der Waals surface area contributed by atoms with Crippen LogP contribution in [0.3, 0.4) is 0 Å². The Morgan fingerprint density at radius 3 is 1.82 bits per heavy atom. The third-order valence-electron chi connectivity index (χ3n) is 4.18. The summed E-state index contributed by atoms with van der Waals surface area (Å²) in [6, 6.07) is 20.3. The van der Waals surface area contributed by atoms with Gasteiger partial charge in [0.05, 0.1) is 27.0 Å². The number of rotatable bonds is 7. The first-order chi connectivity index (χ1) is 13.7. The molecule has 0 aromatic heterocycles. The SMILES string of the molecule is COc1ccccc1Nc1ccc(NC(=O)c2c(OC)cccc2OC)cc1. The summed E-state index contributed by atoms with van der Waals surface area (Å²) in [4.78, 5) is 12.7. The summed E-state index contributed by atoms with van der Waals surface area (Å²) in [6.07, 6.45) is 0. The Morgan fingerprint density at radius 1 is 0.679 bits per heavy atom. The van der Waals surface area contributed by atoms with E-state index in [9.17, 15) is 4.79 Å². The second kappa shape index (κ2) is 8.81. The van der Waals surface area contributed by atoms with Gasteiger partial charge in [-0.25, -0.2) is 0 Å². The van der Waals surface area contributed by atoms with Crippen LogP contribution < -0.4 is 24.8 Å².